The lowest BCUT2D eigenvalue weighted by molar-refractivity contribution is -0.124. The highest BCUT2D eigenvalue weighted by molar-refractivity contribution is 5.76. The third kappa shape index (κ3) is 1.68. The van der Waals surface area contributed by atoms with Crippen LogP contribution >= 0.6 is 0 Å². The van der Waals surface area contributed by atoms with Crippen molar-refractivity contribution >= 4 is 6.29 Å². The lowest BCUT2D eigenvalue weighted by atomic mass is 9.83. The average Bonchev–Trinajstić information content (AvgIpc) is 2.78. The van der Waals surface area contributed by atoms with E-state index in [-0.39, 0.29) is 17.4 Å². The molecule has 3 heteroatoms. The zero-order valence-electron chi connectivity index (χ0n) is 11.3. The molecule has 0 radical (unpaired) electrons. The summed E-state index contributed by atoms with van der Waals surface area (Å²) in [6.45, 7) is 6.74. The second-order valence-electron chi connectivity index (χ2n) is 7.02. The van der Waals surface area contributed by atoms with Crippen LogP contribution in [0.25, 0.3) is 0 Å². The predicted octanol–water partition coefficient (Wildman–Crippen LogP) is 2.29. The van der Waals surface area contributed by atoms with E-state index in [1.54, 1.807) is 0 Å². The molecular weight excluding hydrogens is 228 g/mol. The van der Waals surface area contributed by atoms with Crippen LogP contribution in [-0.4, -0.2) is 23.8 Å². The van der Waals surface area contributed by atoms with Crippen molar-refractivity contribution in [1.29, 1.82) is 0 Å². The van der Waals surface area contributed by atoms with Gasteiger partial charge in [-0.25, -0.2) is 0 Å². The largest absolute Gasteiger partial charge is 0.367 e. The van der Waals surface area contributed by atoms with Gasteiger partial charge < -0.3 is 9.84 Å². The van der Waals surface area contributed by atoms with Gasteiger partial charge in [0.1, 0.15) is 6.29 Å². The Balaban J connectivity index is 2.09. The first kappa shape index (κ1) is 12.4. The maximum atomic E-state index is 11.5. The highest BCUT2D eigenvalue weighted by atomic mass is 16.6. The standard InChI is InChI=1S/C15H22O3/c1-8-10-5-15(2,3)6-11(10)12(7-16)9-4-13(8)18-14(9)17/h7-10,13-14,17H,4-6H2,1-3H3/t8-,9+,10+,13-,14-/m1/s1. The number of carbonyl (C=O) groups is 1. The highest BCUT2D eigenvalue weighted by Crippen LogP contribution is 2.54. The molecule has 0 aromatic rings. The van der Waals surface area contributed by atoms with Crippen LogP contribution < -0.4 is 0 Å². The molecule has 0 aromatic carbocycles. The molecule has 0 unspecified atom stereocenters. The fraction of sp³-hybridized carbons (Fsp3) is 0.800. The van der Waals surface area contributed by atoms with Crippen molar-refractivity contribution in [2.45, 2.75) is 52.4 Å². The van der Waals surface area contributed by atoms with Gasteiger partial charge in [-0.1, -0.05) is 26.3 Å². The van der Waals surface area contributed by atoms with E-state index < -0.39 is 6.29 Å². The van der Waals surface area contributed by atoms with Crippen molar-refractivity contribution in [3.8, 4) is 0 Å². The van der Waals surface area contributed by atoms with Crippen LogP contribution in [0.5, 0.6) is 0 Å². The fourth-order valence-electron chi connectivity index (χ4n) is 4.23. The Hall–Kier alpha value is -0.670. The molecule has 2 bridgehead atoms. The van der Waals surface area contributed by atoms with Crippen LogP contribution in [0.4, 0.5) is 0 Å². The first-order chi connectivity index (χ1) is 8.43. The molecule has 5 atom stereocenters. The normalized spacial score (nSPS) is 45.9. The van der Waals surface area contributed by atoms with Crippen molar-refractivity contribution in [1.82, 2.24) is 0 Å². The monoisotopic (exact) mass is 250 g/mol. The molecule has 2 fully saturated rings. The quantitative estimate of drug-likeness (QED) is 0.726. The zero-order chi connectivity index (χ0) is 13.1. The van der Waals surface area contributed by atoms with Gasteiger partial charge in [0.25, 0.3) is 0 Å². The van der Waals surface area contributed by atoms with E-state index in [0.29, 0.717) is 11.8 Å². The topological polar surface area (TPSA) is 46.5 Å². The van der Waals surface area contributed by atoms with Crippen LogP contribution in [0.15, 0.2) is 11.1 Å². The number of aliphatic hydroxyl groups excluding tert-OH is 1. The molecule has 1 saturated carbocycles. The molecular formula is C15H22O3. The summed E-state index contributed by atoms with van der Waals surface area (Å²) in [5.74, 6) is 0.769. The summed E-state index contributed by atoms with van der Waals surface area (Å²) in [5.41, 5.74) is 2.41. The summed E-state index contributed by atoms with van der Waals surface area (Å²) in [6, 6.07) is 0. The highest BCUT2D eigenvalue weighted by Gasteiger charge is 2.50. The van der Waals surface area contributed by atoms with E-state index in [1.807, 2.05) is 0 Å². The number of aldehydes is 1. The van der Waals surface area contributed by atoms with Gasteiger partial charge in [0.05, 0.1) is 6.10 Å². The van der Waals surface area contributed by atoms with Gasteiger partial charge in [-0.05, 0) is 42.1 Å². The number of ether oxygens (including phenoxy) is 1. The first-order valence-electron chi connectivity index (χ1n) is 6.94. The molecule has 0 amide bonds. The fourth-order valence-corrected chi connectivity index (χ4v) is 4.23. The maximum Gasteiger partial charge on any atom is 0.161 e. The number of hydrogen-bond donors (Lipinski definition) is 1. The molecule has 3 aliphatic rings. The SMILES string of the molecule is C[C@@H]1[C@@H]2CC(C)(C)CC2=C(C=O)[C@@H]2C[C@H]1O[C@H]2O. The van der Waals surface area contributed by atoms with Crippen LogP contribution in [0.1, 0.15) is 40.0 Å². The Kier molecular flexibility index (Phi) is 2.69. The summed E-state index contributed by atoms with van der Waals surface area (Å²) in [5, 5.41) is 9.98. The van der Waals surface area contributed by atoms with Crippen LogP contribution in [0, 0.1) is 23.2 Å². The number of aliphatic hydroxyl groups is 1. The summed E-state index contributed by atoms with van der Waals surface area (Å²) in [4.78, 5) is 11.5. The average molecular weight is 250 g/mol. The summed E-state index contributed by atoms with van der Waals surface area (Å²) in [6.07, 6.45) is 3.22. The van der Waals surface area contributed by atoms with Gasteiger partial charge in [0.15, 0.2) is 6.29 Å². The van der Waals surface area contributed by atoms with Crippen LogP contribution in [-0.2, 0) is 9.53 Å². The lowest BCUT2D eigenvalue weighted by Gasteiger charge is -2.27. The van der Waals surface area contributed by atoms with Crippen molar-refractivity contribution in [3.05, 3.63) is 11.1 Å². The maximum absolute atomic E-state index is 11.5. The third-order valence-corrected chi connectivity index (χ3v) is 5.15. The molecule has 100 valence electrons. The minimum atomic E-state index is -0.783. The first-order valence-corrected chi connectivity index (χ1v) is 6.94. The van der Waals surface area contributed by atoms with Crippen molar-refractivity contribution < 1.29 is 14.6 Å². The second kappa shape index (κ2) is 3.91. The molecule has 1 heterocycles. The number of allylic oxidation sites excluding steroid dienone is 1. The number of hydrogen-bond acceptors (Lipinski definition) is 3. The lowest BCUT2D eigenvalue weighted by Crippen LogP contribution is -2.27. The molecule has 2 aliphatic carbocycles. The van der Waals surface area contributed by atoms with Gasteiger partial charge in [0.2, 0.25) is 0 Å². The minimum Gasteiger partial charge on any atom is -0.367 e. The molecule has 1 N–H and O–H groups in total. The smallest absolute Gasteiger partial charge is 0.161 e. The molecule has 0 spiro atoms. The molecule has 3 nitrogen and oxygen atoms in total. The van der Waals surface area contributed by atoms with E-state index >= 15 is 0 Å². The molecule has 3 rings (SSSR count). The second-order valence-corrected chi connectivity index (χ2v) is 7.02. The Morgan fingerprint density at radius 3 is 2.78 bits per heavy atom. The molecule has 18 heavy (non-hydrogen) atoms. The van der Waals surface area contributed by atoms with Crippen LogP contribution in [0.3, 0.4) is 0 Å². The summed E-state index contributed by atoms with van der Waals surface area (Å²) < 4.78 is 5.65. The molecule has 1 saturated heterocycles. The number of carbonyl (C=O) groups excluding carboxylic acids is 1. The van der Waals surface area contributed by atoms with E-state index in [0.717, 1.165) is 31.1 Å². The van der Waals surface area contributed by atoms with Gasteiger partial charge >= 0.3 is 0 Å². The van der Waals surface area contributed by atoms with Crippen molar-refractivity contribution in [2.24, 2.45) is 23.2 Å². The van der Waals surface area contributed by atoms with Gasteiger partial charge in [-0.3, -0.25) is 4.79 Å². The Morgan fingerprint density at radius 2 is 2.11 bits per heavy atom. The van der Waals surface area contributed by atoms with Gasteiger partial charge in [-0.15, -0.1) is 0 Å². The van der Waals surface area contributed by atoms with E-state index in [4.69, 9.17) is 4.74 Å². The third-order valence-electron chi connectivity index (χ3n) is 5.15. The Bertz CT molecular complexity index is 410. The Labute approximate surface area is 108 Å². The minimum absolute atomic E-state index is 0.0937. The Morgan fingerprint density at radius 1 is 1.39 bits per heavy atom. The van der Waals surface area contributed by atoms with Gasteiger partial charge in [-0.2, -0.15) is 0 Å². The van der Waals surface area contributed by atoms with Gasteiger partial charge in [0, 0.05) is 5.92 Å². The van der Waals surface area contributed by atoms with E-state index in [9.17, 15) is 9.90 Å². The van der Waals surface area contributed by atoms with Crippen molar-refractivity contribution in [2.75, 3.05) is 0 Å². The predicted molar refractivity (Wildman–Crippen MR) is 67.7 cm³/mol. The van der Waals surface area contributed by atoms with E-state index in [2.05, 4.69) is 20.8 Å². The molecule has 1 aliphatic heterocycles. The number of rotatable bonds is 1. The van der Waals surface area contributed by atoms with Crippen LogP contribution in [0.2, 0.25) is 0 Å². The summed E-state index contributed by atoms with van der Waals surface area (Å²) in [7, 11) is 0. The number of fused-ring (bicyclic) bond motifs is 3. The van der Waals surface area contributed by atoms with E-state index in [1.165, 1.54) is 5.57 Å². The zero-order valence-corrected chi connectivity index (χ0v) is 11.3. The van der Waals surface area contributed by atoms with Crippen molar-refractivity contribution in [3.63, 3.8) is 0 Å². The molecule has 0 aromatic heterocycles. The summed E-state index contributed by atoms with van der Waals surface area (Å²) >= 11 is 0.